The van der Waals surface area contributed by atoms with Gasteiger partial charge in [0.2, 0.25) is 5.89 Å². The Morgan fingerprint density at radius 2 is 2.00 bits per heavy atom. The lowest BCUT2D eigenvalue weighted by atomic mass is 10.2. The average Bonchev–Trinajstić information content (AvgIpc) is 3.08. The summed E-state index contributed by atoms with van der Waals surface area (Å²) in [5.41, 5.74) is 0. The summed E-state index contributed by atoms with van der Waals surface area (Å²) in [6.45, 7) is 3.90. The fourth-order valence-corrected chi connectivity index (χ4v) is 4.42. The first-order chi connectivity index (χ1) is 9.59. The van der Waals surface area contributed by atoms with Crippen LogP contribution in [0.15, 0.2) is 4.52 Å². The molecule has 0 N–H and O–H groups in total. The van der Waals surface area contributed by atoms with Crippen molar-refractivity contribution in [3.05, 3.63) is 11.7 Å². The van der Waals surface area contributed by atoms with E-state index < -0.39 is 10.2 Å². The molecule has 3 rings (SSSR count). The lowest BCUT2D eigenvalue weighted by Gasteiger charge is -2.31. The Hall–Kier alpha value is -1.03. The van der Waals surface area contributed by atoms with Gasteiger partial charge < -0.3 is 9.26 Å². The molecule has 0 radical (unpaired) electrons. The highest BCUT2D eigenvalue weighted by atomic mass is 32.2. The summed E-state index contributed by atoms with van der Waals surface area (Å²) in [4.78, 5) is 4.17. The normalized spacial score (nSPS) is 26.1. The number of nitrogens with zero attached hydrogens (tertiary/aromatic N) is 4. The van der Waals surface area contributed by atoms with E-state index in [-0.39, 0.29) is 6.04 Å². The fraction of sp³-hybridized carbons (Fsp3) is 0.818. The smallest absolute Gasteiger partial charge is 0.282 e. The predicted molar refractivity (Wildman–Crippen MR) is 69.0 cm³/mol. The minimum atomic E-state index is -3.49. The molecular formula is C11H18N4O4S. The van der Waals surface area contributed by atoms with Gasteiger partial charge in [-0.2, -0.15) is 22.0 Å². The summed E-state index contributed by atoms with van der Waals surface area (Å²) >= 11 is 0. The zero-order chi connectivity index (χ0) is 14.2. The van der Waals surface area contributed by atoms with Crippen molar-refractivity contribution in [2.75, 3.05) is 32.8 Å². The predicted octanol–water partition coefficient (Wildman–Crippen LogP) is 0.0919. The highest BCUT2D eigenvalue weighted by molar-refractivity contribution is 7.86. The summed E-state index contributed by atoms with van der Waals surface area (Å²) in [5, 5.41) is 3.75. The minimum Gasteiger partial charge on any atom is -0.379 e. The molecule has 2 aliphatic heterocycles. The van der Waals surface area contributed by atoms with E-state index in [0.29, 0.717) is 51.0 Å². The number of morpholine rings is 1. The molecule has 3 heterocycles. The van der Waals surface area contributed by atoms with Crippen molar-refractivity contribution in [1.82, 2.24) is 18.8 Å². The molecule has 0 aliphatic carbocycles. The van der Waals surface area contributed by atoms with E-state index in [2.05, 4.69) is 10.1 Å². The molecule has 1 aromatic rings. The third-order valence-electron chi connectivity index (χ3n) is 3.62. The molecule has 0 spiro atoms. The molecule has 2 saturated heterocycles. The largest absolute Gasteiger partial charge is 0.379 e. The zero-order valence-electron chi connectivity index (χ0n) is 11.4. The number of rotatable bonds is 3. The van der Waals surface area contributed by atoms with Crippen LogP contribution >= 0.6 is 0 Å². The van der Waals surface area contributed by atoms with Gasteiger partial charge in [-0.1, -0.05) is 5.16 Å². The van der Waals surface area contributed by atoms with Crippen LogP contribution < -0.4 is 0 Å². The van der Waals surface area contributed by atoms with Gasteiger partial charge in [0.25, 0.3) is 10.2 Å². The van der Waals surface area contributed by atoms with Crippen LogP contribution in [-0.2, 0) is 14.9 Å². The third kappa shape index (κ3) is 2.46. The fourth-order valence-electron chi connectivity index (χ4n) is 2.64. The molecule has 9 heteroatoms. The Bertz CT molecular complexity index is 567. The molecule has 2 fully saturated rings. The maximum atomic E-state index is 12.7. The van der Waals surface area contributed by atoms with Gasteiger partial charge in [0.05, 0.1) is 13.2 Å². The zero-order valence-corrected chi connectivity index (χ0v) is 12.2. The standard InChI is InChI=1S/C11H18N4O4S/c1-9-12-11(19-13-9)10-3-2-4-15(10)20(16,17)14-5-7-18-8-6-14/h10H,2-8H2,1H3. The van der Waals surface area contributed by atoms with E-state index in [1.807, 2.05) is 0 Å². The van der Waals surface area contributed by atoms with Crippen molar-refractivity contribution >= 4 is 10.2 Å². The number of hydrogen-bond donors (Lipinski definition) is 0. The van der Waals surface area contributed by atoms with Crippen LogP contribution in [0.2, 0.25) is 0 Å². The molecule has 0 amide bonds. The molecule has 8 nitrogen and oxygen atoms in total. The first kappa shape index (κ1) is 13.9. The van der Waals surface area contributed by atoms with E-state index in [1.54, 1.807) is 6.92 Å². The third-order valence-corrected chi connectivity index (χ3v) is 5.67. The van der Waals surface area contributed by atoms with Crippen LogP contribution in [0.3, 0.4) is 0 Å². The van der Waals surface area contributed by atoms with Gasteiger partial charge in [0.15, 0.2) is 5.82 Å². The molecule has 2 aliphatic rings. The second-order valence-corrected chi connectivity index (χ2v) is 6.85. The van der Waals surface area contributed by atoms with Gasteiger partial charge in [-0.25, -0.2) is 0 Å². The Morgan fingerprint density at radius 3 is 2.65 bits per heavy atom. The molecule has 1 aromatic heterocycles. The van der Waals surface area contributed by atoms with Crippen LogP contribution in [0.5, 0.6) is 0 Å². The van der Waals surface area contributed by atoms with Crippen molar-refractivity contribution in [2.24, 2.45) is 0 Å². The van der Waals surface area contributed by atoms with Gasteiger partial charge in [-0.05, 0) is 19.8 Å². The molecule has 0 saturated carbocycles. The van der Waals surface area contributed by atoms with Crippen LogP contribution in [0, 0.1) is 6.92 Å². The van der Waals surface area contributed by atoms with Crippen molar-refractivity contribution in [2.45, 2.75) is 25.8 Å². The van der Waals surface area contributed by atoms with Crippen molar-refractivity contribution in [3.63, 3.8) is 0 Å². The SMILES string of the molecule is Cc1noc(C2CCCN2S(=O)(=O)N2CCOCC2)n1. The Balaban J connectivity index is 1.84. The Labute approximate surface area is 117 Å². The van der Waals surface area contributed by atoms with E-state index >= 15 is 0 Å². The van der Waals surface area contributed by atoms with E-state index in [9.17, 15) is 8.42 Å². The summed E-state index contributed by atoms with van der Waals surface area (Å²) in [5.74, 6) is 0.910. The monoisotopic (exact) mass is 302 g/mol. The minimum absolute atomic E-state index is 0.343. The molecule has 0 aromatic carbocycles. The number of aromatic nitrogens is 2. The average molecular weight is 302 g/mol. The molecule has 0 bridgehead atoms. The van der Waals surface area contributed by atoms with E-state index in [0.717, 1.165) is 6.42 Å². The maximum Gasteiger partial charge on any atom is 0.282 e. The van der Waals surface area contributed by atoms with Crippen molar-refractivity contribution in [1.29, 1.82) is 0 Å². The second kappa shape index (κ2) is 5.40. The quantitative estimate of drug-likeness (QED) is 0.786. The summed E-state index contributed by atoms with van der Waals surface area (Å²) in [6, 6.07) is -0.343. The lowest BCUT2D eigenvalue weighted by Crippen LogP contribution is -2.48. The van der Waals surface area contributed by atoms with Gasteiger partial charge >= 0.3 is 0 Å². The maximum absolute atomic E-state index is 12.7. The number of hydrogen-bond acceptors (Lipinski definition) is 6. The second-order valence-electron chi connectivity index (χ2n) is 4.97. The molecular weight excluding hydrogens is 284 g/mol. The number of ether oxygens (including phenoxy) is 1. The summed E-state index contributed by atoms with van der Waals surface area (Å²) in [7, 11) is -3.49. The van der Waals surface area contributed by atoms with Gasteiger partial charge in [0, 0.05) is 19.6 Å². The van der Waals surface area contributed by atoms with Gasteiger partial charge in [0.1, 0.15) is 6.04 Å². The summed E-state index contributed by atoms with van der Waals surface area (Å²) < 4.78 is 38.7. The molecule has 112 valence electrons. The topological polar surface area (TPSA) is 88.8 Å². The highest BCUT2D eigenvalue weighted by Gasteiger charge is 2.41. The summed E-state index contributed by atoms with van der Waals surface area (Å²) in [6.07, 6.45) is 1.51. The van der Waals surface area contributed by atoms with Crippen LogP contribution in [0.4, 0.5) is 0 Å². The van der Waals surface area contributed by atoms with Crippen LogP contribution in [0.1, 0.15) is 30.6 Å². The van der Waals surface area contributed by atoms with Gasteiger partial charge in [-0.15, -0.1) is 0 Å². The number of aryl methyl sites for hydroxylation is 1. The molecule has 1 atom stereocenters. The lowest BCUT2D eigenvalue weighted by molar-refractivity contribution is 0.0696. The van der Waals surface area contributed by atoms with E-state index in [4.69, 9.17) is 9.26 Å². The molecule has 20 heavy (non-hydrogen) atoms. The van der Waals surface area contributed by atoms with Gasteiger partial charge in [-0.3, -0.25) is 0 Å². The Morgan fingerprint density at radius 1 is 1.25 bits per heavy atom. The van der Waals surface area contributed by atoms with Crippen LogP contribution in [-0.4, -0.2) is 60.0 Å². The van der Waals surface area contributed by atoms with Crippen molar-refractivity contribution < 1.29 is 17.7 Å². The van der Waals surface area contributed by atoms with Crippen molar-refractivity contribution in [3.8, 4) is 0 Å². The van der Waals surface area contributed by atoms with Crippen LogP contribution in [0.25, 0.3) is 0 Å². The first-order valence-corrected chi connectivity index (χ1v) is 8.13. The molecule has 1 unspecified atom stereocenters. The van der Waals surface area contributed by atoms with E-state index in [1.165, 1.54) is 8.61 Å². The highest BCUT2D eigenvalue weighted by Crippen LogP contribution is 2.34. The Kier molecular flexibility index (Phi) is 3.76. The first-order valence-electron chi connectivity index (χ1n) is 6.74.